The summed E-state index contributed by atoms with van der Waals surface area (Å²) in [4.78, 5) is 12.1. The van der Waals surface area contributed by atoms with Gasteiger partial charge in [0.05, 0.1) is 12.8 Å². The first-order valence-corrected chi connectivity index (χ1v) is 7.82. The molecular formula is C19H18N4O2. The summed E-state index contributed by atoms with van der Waals surface area (Å²) in [6, 6.07) is 16.5. The third-order valence-corrected chi connectivity index (χ3v) is 3.64. The van der Waals surface area contributed by atoms with Crippen molar-refractivity contribution in [1.82, 2.24) is 15.2 Å². The molecule has 0 saturated heterocycles. The summed E-state index contributed by atoms with van der Waals surface area (Å²) >= 11 is 0. The van der Waals surface area contributed by atoms with Gasteiger partial charge in [-0.15, -0.1) is 0 Å². The first kappa shape index (κ1) is 16.4. The number of amides is 1. The number of aryl methyl sites for hydroxylation is 1. The number of aromatic hydroxyl groups is 1. The number of rotatable bonds is 5. The number of nitrogens with one attached hydrogen (secondary N) is 1. The van der Waals surface area contributed by atoms with E-state index in [1.807, 2.05) is 31.2 Å². The fourth-order valence-corrected chi connectivity index (χ4v) is 2.27. The second-order valence-electron chi connectivity index (χ2n) is 5.64. The molecule has 0 atom stereocenters. The van der Waals surface area contributed by atoms with Crippen molar-refractivity contribution in [2.45, 2.75) is 13.5 Å². The van der Waals surface area contributed by atoms with Gasteiger partial charge in [-0.25, -0.2) is 5.43 Å². The largest absolute Gasteiger partial charge is 0.507 e. The minimum atomic E-state index is -0.408. The molecule has 0 spiro atoms. The quantitative estimate of drug-likeness (QED) is 0.556. The van der Waals surface area contributed by atoms with Crippen LogP contribution in [-0.2, 0) is 6.54 Å². The molecule has 0 fully saturated rings. The lowest BCUT2D eigenvalue weighted by Crippen LogP contribution is -2.18. The zero-order chi connectivity index (χ0) is 17.6. The molecule has 2 aromatic carbocycles. The smallest absolute Gasteiger partial charge is 0.291 e. The highest BCUT2D eigenvalue weighted by molar-refractivity contribution is 5.93. The van der Waals surface area contributed by atoms with E-state index in [4.69, 9.17) is 0 Å². The Labute approximate surface area is 145 Å². The number of hydrogen-bond acceptors (Lipinski definition) is 4. The molecule has 0 radical (unpaired) electrons. The van der Waals surface area contributed by atoms with Crippen LogP contribution in [0.3, 0.4) is 0 Å². The second-order valence-corrected chi connectivity index (χ2v) is 5.64. The number of hydrogen-bond donors (Lipinski definition) is 2. The number of hydrazone groups is 1. The number of aromatic nitrogens is 2. The minimum absolute atomic E-state index is 0.0999. The van der Waals surface area contributed by atoms with Crippen molar-refractivity contribution in [2.24, 2.45) is 5.10 Å². The Morgan fingerprint density at radius 1 is 1.20 bits per heavy atom. The standard InChI is InChI=1S/C19H18N4O2/c1-14-6-8-15(9-7-14)13-23-11-10-17(22-23)19(25)21-20-12-16-4-2-3-5-18(16)24/h2-12,24H,13H2,1H3,(H,21,25)/b20-12+. The molecule has 0 unspecified atom stereocenters. The summed E-state index contributed by atoms with van der Waals surface area (Å²) in [7, 11) is 0. The number of nitrogens with zero attached hydrogens (tertiary/aromatic N) is 3. The van der Waals surface area contributed by atoms with Crippen LogP contribution in [-0.4, -0.2) is 27.0 Å². The van der Waals surface area contributed by atoms with Crippen LogP contribution in [0.2, 0.25) is 0 Å². The molecule has 0 aliphatic rings. The van der Waals surface area contributed by atoms with E-state index in [1.165, 1.54) is 11.8 Å². The molecule has 0 bridgehead atoms. The molecule has 0 aliphatic carbocycles. The van der Waals surface area contributed by atoms with Crippen molar-refractivity contribution in [3.05, 3.63) is 83.2 Å². The number of carbonyl (C=O) groups excluding carboxylic acids is 1. The van der Waals surface area contributed by atoms with Gasteiger partial charge in [0.25, 0.3) is 5.91 Å². The molecule has 3 aromatic rings. The third kappa shape index (κ3) is 4.32. The van der Waals surface area contributed by atoms with E-state index in [9.17, 15) is 9.90 Å². The zero-order valence-electron chi connectivity index (χ0n) is 13.8. The van der Waals surface area contributed by atoms with E-state index in [2.05, 4.69) is 15.6 Å². The molecule has 0 aliphatic heterocycles. The first-order chi connectivity index (χ1) is 12.1. The molecule has 1 aromatic heterocycles. The van der Waals surface area contributed by atoms with E-state index in [-0.39, 0.29) is 11.4 Å². The highest BCUT2D eigenvalue weighted by atomic mass is 16.3. The Morgan fingerprint density at radius 2 is 1.96 bits per heavy atom. The maximum Gasteiger partial charge on any atom is 0.291 e. The van der Waals surface area contributed by atoms with Crippen LogP contribution in [0.25, 0.3) is 0 Å². The van der Waals surface area contributed by atoms with Crippen LogP contribution in [0.1, 0.15) is 27.2 Å². The number of para-hydroxylation sites is 1. The van der Waals surface area contributed by atoms with Crippen LogP contribution in [0.5, 0.6) is 5.75 Å². The highest BCUT2D eigenvalue weighted by Gasteiger charge is 2.08. The van der Waals surface area contributed by atoms with Gasteiger partial charge in [0.15, 0.2) is 5.69 Å². The van der Waals surface area contributed by atoms with Crippen LogP contribution in [0, 0.1) is 6.92 Å². The fourth-order valence-electron chi connectivity index (χ4n) is 2.27. The van der Waals surface area contributed by atoms with Gasteiger partial charge < -0.3 is 5.11 Å². The van der Waals surface area contributed by atoms with Crippen molar-refractivity contribution >= 4 is 12.1 Å². The number of benzene rings is 2. The maximum atomic E-state index is 12.1. The normalized spacial score (nSPS) is 10.9. The molecule has 2 N–H and O–H groups in total. The van der Waals surface area contributed by atoms with Crippen molar-refractivity contribution in [3.63, 3.8) is 0 Å². The van der Waals surface area contributed by atoms with E-state index in [0.717, 1.165) is 5.56 Å². The van der Waals surface area contributed by atoms with Crippen molar-refractivity contribution < 1.29 is 9.90 Å². The molecular weight excluding hydrogens is 316 g/mol. The van der Waals surface area contributed by atoms with Gasteiger partial charge in [-0.3, -0.25) is 9.48 Å². The van der Waals surface area contributed by atoms with Crippen LogP contribution < -0.4 is 5.43 Å². The lowest BCUT2D eigenvalue weighted by molar-refractivity contribution is 0.0949. The predicted octanol–water partition coefficient (Wildman–Crippen LogP) is 2.71. The van der Waals surface area contributed by atoms with Gasteiger partial charge in [0.1, 0.15) is 5.75 Å². The zero-order valence-corrected chi connectivity index (χ0v) is 13.8. The van der Waals surface area contributed by atoms with Crippen molar-refractivity contribution in [1.29, 1.82) is 0 Å². The van der Waals surface area contributed by atoms with Crippen molar-refractivity contribution in [2.75, 3.05) is 0 Å². The average Bonchev–Trinajstić information content (AvgIpc) is 3.07. The molecule has 6 nitrogen and oxygen atoms in total. The van der Waals surface area contributed by atoms with E-state index in [0.29, 0.717) is 12.1 Å². The summed E-state index contributed by atoms with van der Waals surface area (Å²) in [6.45, 7) is 2.63. The van der Waals surface area contributed by atoms with Crippen LogP contribution >= 0.6 is 0 Å². The number of phenols is 1. The van der Waals surface area contributed by atoms with Gasteiger partial charge >= 0.3 is 0 Å². The summed E-state index contributed by atoms with van der Waals surface area (Å²) < 4.78 is 1.70. The van der Waals surface area contributed by atoms with Gasteiger partial charge in [-0.05, 0) is 30.7 Å². The number of phenolic OH excluding ortho intramolecular Hbond substituents is 1. The summed E-state index contributed by atoms with van der Waals surface area (Å²) in [5.74, 6) is -0.308. The molecule has 25 heavy (non-hydrogen) atoms. The first-order valence-electron chi connectivity index (χ1n) is 7.82. The van der Waals surface area contributed by atoms with Crippen LogP contribution in [0.15, 0.2) is 65.9 Å². The minimum Gasteiger partial charge on any atom is -0.507 e. The van der Waals surface area contributed by atoms with Gasteiger partial charge in [-0.1, -0.05) is 42.0 Å². The lowest BCUT2D eigenvalue weighted by atomic mass is 10.1. The monoisotopic (exact) mass is 334 g/mol. The number of carbonyl (C=O) groups is 1. The maximum absolute atomic E-state index is 12.1. The Kier molecular flexibility index (Phi) is 4.89. The van der Waals surface area contributed by atoms with Crippen molar-refractivity contribution in [3.8, 4) is 5.75 Å². The molecule has 1 amide bonds. The Bertz CT molecular complexity index is 898. The predicted molar refractivity (Wildman–Crippen MR) is 95.7 cm³/mol. The average molecular weight is 334 g/mol. The Hall–Kier alpha value is -3.41. The third-order valence-electron chi connectivity index (χ3n) is 3.64. The second kappa shape index (κ2) is 7.44. The van der Waals surface area contributed by atoms with Gasteiger partial charge in [-0.2, -0.15) is 10.2 Å². The molecule has 6 heteroatoms. The van der Waals surface area contributed by atoms with Crippen LogP contribution in [0.4, 0.5) is 0 Å². The Balaban J connectivity index is 1.60. The summed E-state index contributed by atoms with van der Waals surface area (Å²) in [5.41, 5.74) is 5.51. The SMILES string of the molecule is Cc1ccc(Cn2ccc(C(=O)N/N=C/c3ccccc3O)n2)cc1. The highest BCUT2D eigenvalue weighted by Crippen LogP contribution is 2.12. The lowest BCUT2D eigenvalue weighted by Gasteiger charge is -2.02. The van der Waals surface area contributed by atoms with E-state index in [1.54, 1.807) is 41.2 Å². The fraction of sp³-hybridized carbons (Fsp3) is 0.105. The topological polar surface area (TPSA) is 79.5 Å². The molecule has 0 saturated carbocycles. The molecule has 3 rings (SSSR count). The Morgan fingerprint density at radius 3 is 2.72 bits per heavy atom. The van der Waals surface area contributed by atoms with E-state index < -0.39 is 5.91 Å². The molecule has 1 heterocycles. The molecule has 126 valence electrons. The summed E-state index contributed by atoms with van der Waals surface area (Å²) in [6.07, 6.45) is 3.14. The van der Waals surface area contributed by atoms with E-state index >= 15 is 0 Å². The summed E-state index contributed by atoms with van der Waals surface area (Å²) in [5, 5.41) is 17.7. The van der Waals surface area contributed by atoms with Gasteiger partial charge in [0.2, 0.25) is 0 Å². The van der Waals surface area contributed by atoms with Gasteiger partial charge in [0, 0.05) is 11.8 Å².